The monoisotopic (exact) mass is 377 g/mol. The highest BCUT2D eigenvalue weighted by atomic mass is 16.5. The van der Waals surface area contributed by atoms with E-state index in [4.69, 9.17) is 15.2 Å². The summed E-state index contributed by atoms with van der Waals surface area (Å²) in [4.78, 5) is 36.4. The summed E-state index contributed by atoms with van der Waals surface area (Å²) in [7, 11) is 3.15. The van der Waals surface area contributed by atoms with Gasteiger partial charge in [-0.2, -0.15) is 0 Å². The number of nitrogens with zero attached hydrogens (tertiary/aromatic N) is 1. The van der Waals surface area contributed by atoms with Gasteiger partial charge in [-0.05, 0) is 37.3 Å². The Kier molecular flexibility index (Phi) is 7.45. The average molecular weight is 377 g/mol. The minimum absolute atomic E-state index is 0.0637. The van der Waals surface area contributed by atoms with Gasteiger partial charge in [0.05, 0.1) is 14.2 Å². The minimum Gasteiger partial charge on any atom is -0.497 e. The van der Waals surface area contributed by atoms with Crippen molar-refractivity contribution in [3.8, 4) is 11.5 Å². The smallest absolute Gasteiger partial charge is 0.311 e. The molecule has 1 aliphatic heterocycles. The normalized spacial score (nSPS) is 16.5. The highest BCUT2D eigenvalue weighted by Crippen LogP contribution is 2.25. The molecular weight excluding hydrogens is 350 g/mol. The molecule has 0 unspecified atom stereocenters. The highest BCUT2D eigenvalue weighted by Gasteiger charge is 2.26. The zero-order chi connectivity index (χ0) is 19.8. The second kappa shape index (κ2) is 9.80. The van der Waals surface area contributed by atoms with E-state index in [0.29, 0.717) is 44.0 Å². The van der Waals surface area contributed by atoms with Gasteiger partial charge in [-0.25, -0.2) is 0 Å². The van der Waals surface area contributed by atoms with Gasteiger partial charge in [0, 0.05) is 37.7 Å². The lowest BCUT2D eigenvalue weighted by Gasteiger charge is -2.31. The van der Waals surface area contributed by atoms with Crippen LogP contribution in [-0.2, 0) is 20.9 Å². The molecule has 1 fully saturated rings. The summed E-state index contributed by atoms with van der Waals surface area (Å²) in [6, 6.07) is 5.44. The number of rotatable bonds is 7. The van der Waals surface area contributed by atoms with Crippen LogP contribution < -0.4 is 20.5 Å². The van der Waals surface area contributed by atoms with Crippen molar-refractivity contribution in [3.05, 3.63) is 23.8 Å². The minimum atomic E-state index is -0.929. The lowest BCUT2D eigenvalue weighted by Crippen LogP contribution is -2.45. The molecule has 3 amide bonds. The number of methoxy groups -OCH3 is 2. The maximum absolute atomic E-state index is 12.2. The second-order valence-corrected chi connectivity index (χ2v) is 6.62. The third-order valence-corrected chi connectivity index (χ3v) is 4.77. The molecule has 8 nitrogen and oxygen atoms in total. The summed E-state index contributed by atoms with van der Waals surface area (Å²) in [6.07, 6.45) is 2.77. The number of benzene rings is 1. The van der Waals surface area contributed by atoms with E-state index in [1.54, 1.807) is 20.3 Å². The van der Waals surface area contributed by atoms with Gasteiger partial charge < -0.3 is 25.4 Å². The maximum atomic E-state index is 12.2. The zero-order valence-electron chi connectivity index (χ0n) is 15.8. The standard InChI is InChI=1S/C19H27N3O5/c1-26-15-7-6-14(16(10-15)27-2)11-21-17(23)8-5-13-4-3-9-22(12-13)19(25)18(20)24/h6-7,10,13H,3-5,8-9,11-12H2,1-2H3,(H2,20,24)(H,21,23)/t13-/m1/s1. The van der Waals surface area contributed by atoms with Crippen LogP contribution in [0.5, 0.6) is 11.5 Å². The number of likely N-dealkylation sites (tertiary alicyclic amines) is 1. The first kappa shape index (κ1) is 20.5. The molecular formula is C19H27N3O5. The maximum Gasteiger partial charge on any atom is 0.311 e. The quantitative estimate of drug-likeness (QED) is 0.684. The Bertz CT molecular complexity index is 692. The molecule has 0 radical (unpaired) electrons. The molecule has 1 heterocycles. The fraction of sp³-hybridized carbons (Fsp3) is 0.526. The molecule has 3 N–H and O–H groups in total. The fourth-order valence-corrected chi connectivity index (χ4v) is 3.26. The molecule has 0 saturated carbocycles. The summed E-state index contributed by atoms with van der Waals surface area (Å²) in [6.45, 7) is 1.38. The molecule has 0 aromatic heterocycles. The molecule has 148 valence electrons. The van der Waals surface area contributed by atoms with Gasteiger partial charge in [-0.15, -0.1) is 0 Å². The van der Waals surface area contributed by atoms with Crippen LogP contribution >= 0.6 is 0 Å². The Morgan fingerprint density at radius 2 is 2.04 bits per heavy atom. The molecule has 0 aliphatic carbocycles. The first-order chi connectivity index (χ1) is 12.9. The summed E-state index contributed by atoms with van der Waals surface area (Å²) >= 11 is 0. The van der Waals surface area contributed by atoms with Crippen molar-refractivity contribution in [3.63, 3.8) is 0 Å². The van der Waals surface area contributed by atoms with E-state index in [2.05, 4.69) is 5.32 Å². The van der Waals surface area contributed by atoms with Gasteiger partial charge in [0.2, 0.25) is 5.91 Å². The molecule has 2 rings (SSSR count). The molecule has 1 atom stereocenters. The molecule has 1 aromatic carbocycles. The van der Waals surface area contributed by atoms with E-state index in [0.717, 1.165) is 18.4 Å². The van der Waals surface area contributed by atoms with Crippen molar-refractivity contribution in [2.24, 2.45) is 11.7 Å². The largest absolute Gasteiger partial charge is 0.497 e. The second-order valence-electron chi connectivity index (χ2n) is 6.62. The summed E-state index contributed by atoms with van der Waals surface area (Å²) in [5.74, 6) is -0.0936. The Hall–Kier alpha value is -2.77. The van der Waals surface area contributed by atoms with Crippen molar-refractivity contribution >= 4 is 17.7 Å². The predicted molar refractivity (Wildman–Crippen MR) is 99.1 cm³/mol. The number of primary amides is 1. The molecule has 1 aromatic rings. The van der Waals surface area contributed by atoms with Crippen LogP contribution in [0.25, 0.3) is 0 Å². The van der Waals surface area contributed by atoms with Crippen molar-refractivity contribution in [2.75, 3.05) is 27.3 Å². The van der Waals surface area contributed by atoms with Gasteiger partial charge in [0.15, 0.2) is 0 Å². The van der Waals surface area contributed by atoms with E-state index < -0.39 is 11.8 Å². The highest BCUT2D eigenvalue weighted by molar-refractivity contribution is 6.34. The Morgan fingerprint density at radius 3 is 2.70 bits per heavy atom. The van der Waals surface area contributed by atoms with Gasteiger partial charge in [0.25, 0.3) is 0 Å². The summed E-state index contributed by atoms with van der Waals surface area (Å²) in [5, 5.41) is 2.89. The lowest BCUT2D eigenvalue weighted by molar-refractivity contribution is -0.145. The van der Waals surface area contributed by atoms with Crippen LogP contribution in [0.4, 0.5) is 0 Å². The molecule has 27 heavy (non-hydrogen) atoms. The number of ether oxygens (including phenoxy) is 2. The van der Waals surface area contributed by atoms with Crippen LogP contribution in [0.1, 0.15) is 31.2 Å². The van der Waals surface area contributed by atoms with Crippen LogP contribution in [0.15, 0.2) is 18.2 Å². The number of carbonyl (C=O) groups excluding carboxylic acids is 3. The van der Waals surface area contributed by atoms with E-state index >= 15 is 0 Å². The Morgan fingerprint density at radius 1 is 1.26 bits per heavy atom. The molecule has 0 bridgehead atoms. The average Bonchev–Trinajstić information content (AvgIpc) is 2.70. The molecule has 0 spiro atoms. The molecule has 1 saturated heterocycles. The van der Waals surface area contributed by atoms with Gasteiger partial charge in [0.1, 0.15) is 11.5 Å². The Labute approximate surface area is 159 Å². The number of hydrogen-bond acceptors (Lipinski definition) is 5. The van der Waals surface area contributed by atoms with Gasteiger partial charge in [-0.1, -0.05) is 0 Å². The van der Waals surface area contributed by atoms with Crippen LogP contribution in [0, 0.1) is 5.92 Å². The van der Waals surface area contributed by atoms with Crippen molar-refractivity contribution in [1.82, 2.24) is 10.2 Å². The van der Waals surface area contributed by atoms with E-state index in [1.807, 2.05) is 12.1 Å². The fourth-order valence-electron chi connectivity index (χ4n) is 3.26. The SMILES string of the molecule is COc1ccc(CNC(=O)CC[C@H]2CCCN(C(=O)C(N)=O)C2)c(OC)c1. The third-order valence-electron chi connectivity index (χ3n) is 4.77. The third kappa shape index (κ3) is 5.87. The lowest BCUT2D eigenvalue weighted by atomic mass is 9.93. The van der Waals surface area contributed by atoms with E-state index in [-0.39, 0.29) is 11.8 Å². The molecule has 1 aliphatic rings. The van der Waals surface area contributed by atoms with E-state index in [1.165, 1.54) is 4.90 Å². The first-order valence-corrected chi connectivity index (χ1v) is 9.01. The number of hydrogen-bond donors (Lipinski definition) is 2. The van der Waals surface area contributed by atoms with Gasteiger partial charge >= 0.3 is 11.8 Å². The topological polar surface area (TPSA) is 111 Å². The number of nitrogens with one attached hydrogen (secondary N) is 1. The first-order valence-electron chi connectivity index (χ1n) is 9.01. The molecule has 8 heteroatoms. The Balaban J connectivity index is 1.79. The summed E-state index contributed by atoms with van der Waals surface area (Å²) < 4.78 is 10.5. The van der Waals surface area contributed by atoms with Crippen LogP contribution in [-0.4, -0.2) is 49.9 Å². The van der Waals surface area contributed by atoms with Crippen molar-refractivity contribution < 1.29 is 23.9 Å². The predicted octanol–water partition coefficient (Wildman–Crippen LogP) is 0.824. The summed E-state index contributed by atoms with van der Waals surface area (Å²) in [5.41, 5.74) is 5.92. The van der Waals surface area contributed by atoms with Gasteiger partial charge in [-0.3, -0.25) is 14.4 Å². The van der Waals surface area contributed by atoms with Crippen LogP contribution in [0.2, 0.25) is 0 Å². The number of piperidine rings is 1. The number of amides is 3. The van der Waals surface area contributed by atoms with Crippen LogP contribution in [0.3, 0.4) is 0 Å². The number of carbonyl (C=O) groups is 3. The number of nitrogens with two attached hydrogens (primary N) is 1. The van der Waals surface area contributed by atoms with E-state index in [9.17, 15) is 14.4 Å². The zero-order valence-corrected chi connectivity index (χ0v) is 15.8. The van der Waals surface area contributed by atoms with Crippen molar-refractivity contribution in [1.29, 1.82) is 0 Å². The van der Waals surface area contributed by atoms with Crippen molar-refractivity contribution in [2.45, 2.75) is 32.2 Å².